The van der Waals surface area contributed by atoms with Crippen molar-refractivity contribution in [2.24, 2.45) is 7.05 Å². The van der Waals surface area contributed by atoms with Gasteiger partial charge in [-0.05, 0) is 54.6 Å². The van der Waals surface area contributed by atoms with E-state index in [-0.39, 0.29) is 0 Å². The lowest BCUT2D eigenvalue weighted by Gasteiger charge is -2.14. The van der Waals surface area contributed by atoms with Gasteiger partial charge in [0.2, 0.25) is 0 Å². The van der Waals surface area contributed by atoms with Crippen molar-refractivity contribution in [3.8, 4) is 17.2 Å². The second-order valence-electron chi connectivity index (χ2n) is 7.31. The first kappa shape index (κ1) is 22.0. The van der Waals surface area contributed by atoms with Gasteiger partial charge in [-0.3, -0.25) is 10.1 Å². The lowest BCUT2D eigenvalue weighted by atomic mass is 10.1. The number of H-pyrrole nitrogens is 1. The minimum absolute atomic E-state index is 0.356. The SMILES string of the molecule is COc1cc(OCc2ccccn2)cc(OC)c1C=Cc1cc(/C=C/c2cccn2C)[nH]n1. The average Bonchev–Trinajstić information content (AvgIpc) is 3.48. The third-order valence-corrected chi connectivity index (χ3v) is 5.09. The Morgan fingerprint density at radius 1 is 0.939 bits per heavy atom. The van der Waals surface area contributed by atoms with Crippen molar-refractivity contribution in [3.63, 3.8) is 0 Å². The molecular formula is C26H26N4O3. The molecule has 4 aromatic rings. The number of aromatic amines is 1. The zero-order valence-corrected chi connectivity index (χ0v) is 18.9. The van der Waals surface area contributed by atoms with Gasteiger partial charge in [0.05, 0.1) is 36.9 Å². The molecule has 0 radical (unpaired) electrons. The molecule has 7 nitrogen and oxygen atoms in total. The monoisotopic (exact) mass is 442 g/mol. The summed E-state index contributed by atoms with van der Waals surface area (Å²) in [5, 5.41) is 7.40. The molecule has 7 heteroatoms. The molecule has 0 saturated heterocycles. The van der Waals surface area contributed by atoms with Crippen LogP contribution in [0.1, 0.15) is 28.3 Å². The molecule has 33 heavy (non-hydrogen) atoms. The van der Waals surface area contributed by atoms with E-state index in [0.717, 1.165) is 28.3 Å². The van der Waals surface area contributed by atoms with Gasteiger partial charge < -0.3 is 18.8 Å². The van der Waals surface area contributed by atoms with Crippen molar-refractivity contribution in [1.29, 1.82) is 0 Å². The Kier molecular flexibility index (Phi) is 6.90. The summed E-state index contributed by atoms with van der Waals surface area (Å²) in [7, 11) is 5.25. The molecule has 0 saturated carbocycles. The second-order valence-corrected chi connectivity index (χ2v) is 7.31. The number of rotatable bonds is 9. The molecular weight excluding hydrogens is 416 g/mol. The number of methoxy groups -OCH3 is 2. The first-order chi connectivity index (χ1) is 16.2. The average molecular weight is 443 g/mol. The Bertz CT molecular complexity index is 1230. The van der Waals surface area contributed by atoms with E-state index < -0.39 is 0 Å². The van der Waals surface area contributed by atoms with Crippen LogP contribution in [0.5, 0.6) is 17.2 Å². The Labute approximate surface area is 193 Å². The van der Waals surface area contributed by atoms with Crippen molar-refractivity contribution in [2.75, 3.05) is 14.2 Å². The fourth-order valence-electron chi connectivity index (χ4n) is 3.32. The summed E-state index contributed by atoms with van der Waals surface area (Å²) < 4.78 is 19.1. The minimum Gasteiger partial charge on any atom is -0.496 e. The second kappa shape index (κ2) is 10.4. The predicted octanol–water partition coefficient (Wildman–Crippen LogP) is 5.08. The highest BCUT2D eigenvalue weighted by Crippen LogP contribution is 2.35. The zero-order chi connectivity index (χ0) is 23.0. The largest absolute Gasteiger partial charge is 0.496 e. The third-order valence-electron chi connectivity index (χ3n) is 5.09. The summed E-state index contributed by atoms with van der Waals surface area (Å²) in [6, 6.07) is 15.4. The molecule has 0 aliphatic rings. The van der Waals surface area contributed by atoms with Gasteiger partial charge in [-0.2, -0.15) is 5.10 Å². The van der Waals surface area contributed by atoms with E-state index in [1.807, 2.05) is 80.0 Å². The van der Waals surface area contributed by atoms with Crippen molar-refractivity contribution >= 4 is 24.3 Å². The van der Waals surface area contributed by atoms with Crippen molar-refractivity contribution < 1.29 is 14.2 Å². The van der Waals surface area contributed by atoms with Crippen LogP contribution >= 0.6 is 0 Å². The summed E-state index contributed by atoms with van der Waals surface area (Å²) in [5.74, 6) is 1.92. The summed E-state index contributed by atoms with van der Waals surface area (Å²) in [6.45, 7) is 0.356. The van der Waals surface area contributed by atoms with Gasteiger partial charge in [0.15, 0.2) is 0 Å². The van der Waals surface area contributed by atoms with Crippen LogP contribution in [-0.4, -0.2) is 34.0 Å². The van der Waals surface area contributed by atoms with Crippen LogP contribution in [0.25, 0.3) is 24.3 Å². The number of benzene rings is 1. The maximum absolute atomic E-state index is 5.89. The minimum atomic E-state index is 0.356. The van der Waals surface area contributed by atoms with Crippen LogP contribution in [0.15, 0.2) is 60.9 Å². The van der Waals surface area contributed by atoms with Gasteiger partial charge in [-0.1, -0.05) is 6.07 Å². The van der Waals surface area contributed by atoms with Gasteiger partial charge in [-0.15, -0.1) is 0 Å². The number of nitrogens with one attached hydrogen (secondary N) is 1. The predicted molar refractivity (Wildman–Crippen MR) is 130 cm³/mol. The molecule has 0 bridgehead atoms. The fourth-order valence-corrected chi connectivity index (χ4v) is 3.32. The van der Waals surface area contributed by atoms with Crippen LogP contribution in [0, 0.1) is 0 Å². The number of ether oxygens (including phenoxy) is 3. The smallest absolute Gasteiger partial charge is 0.133 e. The molecule has 0 unspecified atom stereocenters. The van der Waals surface area contributed by atoms with Gasteiger partial charge in [0.25, 0.3) is 0 Å². The molecule has 4 rings (SSSR count). The quantitative estimate of drug-likeness (QED) is 0.391. The standard InChI is InChI=1S/C26H26N4O3/c1-30-14-6-8-22(30)11-9-19-15-20(29-28-19)10-12-24-25(31-2)16-23(17-26(24)32-3)33-18-21-7-4-5-13-27-21/h4-17H,18H2,1-3H3,(H,28,29)/b11-9+,12-10?. The first-order valence-electron chi connectivity index (χ1n) is 10.5. The molecule has 3 heterocycles. The highest BCUT2D eigenvalue weighted by Gasteiger charge is 2.12. The number of hydrogen-bond donors (Lipinski definition) is 1. The number of aromatic nitrogens is 4. The summed E-state index contributed by atoms with van der Waals surface area (Å²) in [6.07, 6.45) is 11.6. The summed E-state index contributed by atoms with van der Waals surface area (Å²) >= 11 is 0. The lowest BCUT2D eigenvalue weighted by molar-refractivity contribution is 0.296. The van der Waals surface area contributed by atoms with E-state index in [1.54, 1.807) is 20.4 Å². The van der Waals surface area contributed by atoms with Crippen LogP contribution < -0.4 is 14.2 Å². The summed E-state index contributed by atoms with van der Waals surface area (Å²) in [5.41, 5.74) is 4.46. The van der Waals surface area contributed by atoms with Gasteiger partial charge in [0.1, 0.15) is 23.9 Å². The Balaban J connectivity index is 1.50. The maximum atomic E-state index is 5.89. The molecule has 0 atom stereocenters. The first-order valence-corrected chi connectivity index (χ1v) is 10.5. The molecule has 0 aliphatic heterocycles. The van der Waals surface area contributed by atoms with Gasteiger partial charge in [0, 0.05) is 37.3 Å². The van der Waals surface area contributed by atoms with E-state index in [9.17, 15) is 0 Å². The molecule has 0 spiro atoms. The number of hydrogen-bond acceptors (Lipinski definition) is 5. The van der Waals surface area contributed by atoms with E-state index in [2.05, 4.69) is 25.8 Å². The molecule has 3 aromatic heterocycles. The molecule has 0 aliphatic carbocycles. The molecule has 1 N–H and O–H groups in total. The zero-order valence-electron chi connectivity index (χ0n) is 18.9. The van der Waals surface area contributed by atoms with Gasteiger partial charge in [-0.25, -0.2) is 0 Å². The van der Waals surface area contributed by atoms with Crippen LogP contribution in [0.4, 0.5) is 0 Å². The Morgan fingerprint density at radius 3 is 2.42 bits per heavy atom. The molecule has 1 aromatic carbocycles. The highest BCUT2D eigenvalue weighted by atomic mass is 16.5. The normalized spacial score (nSPS) is 11.4. The molecule has 0 amide bonds. The van der Waals surface area contributed by atoms with Crippen molar-refractivity contribution in [3.05, 3.63) is 89.3 Å². The fraction of sp³-hybridized carbons (Fsp3) is 0.154. The number of nitrogens with zero attached hydrogens (tertiary/aromatic N) is 3. The van der Waals surface area contributed by atoms with E-state index in [0.29, 0.717) is 23.9 Å². The van der Waals surface area contributed by atoms with Crippen LogP contribution in [0.3, 0.4) is 0 Å². The molecule has 0 fully saturated rings. The van der Waals surface area contributed by atoms with Crippen LogP contribution in [0.2, 0.25) is 0 Å². The van der Waals surface area contributed by atoms with Crippen molar-refractivity contribution in [2.45, 2.75) is 6.61 Å². The Morgan fingerprint density at radius 2 is 1.76 bits per heavy atom. The van der Waals surface area contributed by atoms with E-state index >= 15 is 0 Å². The number of aryl methyl sites for hydroxylation is 1. The lowest BCUT2D eigenvalue weighted by Crippen LogP contribution is -2.00. The van der Waals surface area contributed by atoms with Crippen LogP contribution in [-0.2, 0) is 13.7 Å². The van der Waals surface area contributed by atoms with E-state index in [4.69, 9.17) is 14.2 Å². The maximum Gasteiger partial charge on any atom is 0.133 e. The van der Waals surface area contributed by atoms with Gasteiger partial charge >= 0.3 is 0 Å². The topological polar surface area (TPSA) is 74.2 Å². The third kappa shape index (κ3) is 5.51. The summed E-state index contributed by atoms with van der Waals surface area (Å²) in [4.78, 5) is 4.28. The van der Waals surface area contributed by atoms with E-state index in [1.165, 1.54) is 0 Å². The number of pyridine rings is 1. The molecule has 168 valence electrons. The Hall–Kier alpha value is -4.26. The highest BCUT2D eigenvalue weighted by molar-refractivity contribution is 5.77. The van der Waals surface area contributed by atoms with Crippen molar-refractivity contribution in [1.82, 2.24) is 19.7 Å².